The number of aromatic nitrogens is 2. The average molecular weight is 535 g/mol. The van der Waals surface area contributed by atoms with Gasteiger partial charge in [-0.05, 0) is 88.2 Å². The first kappa shape index (κ1) is 27.2. The Bertz CT molecular complexity index is 1580. The number of ether oxygens (including phenoxy) is 1. The van der Waals surface area contributed by atoms with E-state index in [1.165, 1.54) is 0 Å². The fourth-order valence-electron chi connectivity index (χ4n) is 4.84. The molecular formula is C29H34N4O4S. The number of amides is 1. The molecule has 0 unspecified atom stereocenters. The maximum atomic E-state index is 13.9. The molecule has 0 aliphatic carbocycles. The van der Waals surface area contributed by atoms with Gasteiger partial charge in [-0.15, -0.1) is 0 Å². The van der Waals surface area contributed by atoms with Crippen LogP contribution in [-0.4, -0.2) is 48.2 Å². The molecule has 1 heterocycles. The zero-order chi connectivity index (χ0) is 27.8. The second-order valence-electron chi connectivity index (χ2n) is 9.94. The van der Waals surface area contributed by atoms with E-state index in [1.54, 1.807) is 19.2 Å². The maximum absolute atomic E-state index is 13.9. The van der Waals surface area contributed by atoms with Crippen LogP contribution >= 0.6 is 0 Å². The zero-order valence-corrected chi connectivity index (χ0v) is 23.7. The van der Waals surface area contributed by atoms with Gasteiger partial charge in [-0.3, -0.25) is 14.1 Å². The van der Waals surface area contributed by atoms with E-state index >= 15 is 0 Å². The fraction of sp³-hybridized carbons (Fsp3) is 0.310. The van der Waals surface area contributed by atoms with Crippen molar-refractivity contribution >= 4 is 32.7 Å². The van der Waals surface area contributed by atoms with Gasteiger partial charge in [0.15, 0.2) is 0 Å². The first-order valence-electron chi connectivity index (χ1n) is 12.4. The van der Waals surface area contributed by atoms with Crippen molar-refractivity contribution in [2.24, 2.45) is 0 Å². The third-order valence-corrected chi connectivity index (χ3v) is 7.05. The minimum Gasteiger partial charge on any atom is -0.497 e. The van der Waals surface area contributed by atoms with E-state index in [9.17, 15) is 13.2 Å². The number of sulfonamides is 1. The Balaban J connectivity index is 1.85. The van der Waals surface area contributed by atoms with Crippen molar-refractivity contribution in [2.75, 3.05) is 18.1 Å². The van der Waals surface area contributed by atoms with Crippen molar-refractivity contribution in [2.45, 2.75) is 47.2 Å². The molecule has 1 N–H and O–H groups in total. The van der Waals surface area contributed by atoms with E-state index in [4.69, 9.17) is 9.72 Å². The van der Waals surface area contributed by atoms with Crippen molar-refractivity contribution in [3.63, 3.8) is 0 Å². The molecule has 4 rings (SSSR count). The Hall–Kier alpha value is -3.85. The van der Waals surface area contributed by atoms with Crippen molar-refractivity contribution < 1.29 is 17.9 Å². The average Bonchev–Trinajstić information content (AvgIpc) is 3.17. The number of hydrogen-bond acceptors (Lipinski definition) is 5. The van der Waals surface area contributed by atoms with Crippen LogP contribution in [0.3, 0.4) is 0 Å². The number of anilines is 1. The molecule has 0 spiro atoms. The summed E-state index contributed by atoms with van der Waals surface area (Å²) < 4.78 is 33.4. The van der Waals surface area contributed by atoms with E-state index in [-0.39, 0.29) is 18.5 Å². The number of fused-ring (bicyclic) bond motifs is 1. The predicted octanol–water partition coefficient (Wildman–Crippen LogP) is 5.38. The number of benzene rings is 3. The molecule has 0 radical (unpaired) electrons. The molecule has 4 aromatic rings. The summed E-state index contributed by atoms with van der Waals surface area (Å²) in [4.78, 5) is 20.6. The minimum atomic E-state index is -3.44. The van der Waals surface area contributed by atoms with Crippen LogP contribution in [-0.2, 0) is 16.6 Å². The predicted molar refractivity (Wildman–Crippen MR) is 152 cm³/mol. The zero-order valence-electron chi connectivity index (χ0n) is 22.9. The molecule has 0 atom stereocenters. The van der Waals surface area contributed by atoms with Crippen LogP contribution in [0.15, 0.2) is 54.6 Å². The van der Waals surface area contributed by atoms with E-state index in [0.29, 0.717) is 22.6 Å². The summed E-state index contributed by atoms with van der Waals surface area (Å²) in [5.74, 6) is 1.33. The Morgan fingerprint density at radius 2 is 1.66 bits per heavy atom. The van der Waals surface area contributed by atoms with Gasteiger partial charge in [-0.25, -0.2) is 13.4 Å². The second-order valence-corrected chi connectivity index (χ2v) is 11.7. The summed E-state index contributed by atoms with van der Waals surface area (Å²) in [6, 6.07) is 16.8. The highest BCUT2D eigenvalue weighted by molar-refractivity contribution is 7.92. The van der Waals surface area contributed by atoms with E-state index in [2.05, 4.69) is 4.72 Å². The molecule has 0 aliphatic heterocycles. The highest BCUT2D eigenvalue weighted by Gasteiger charge is 2.25. The highest BCUT2D eigenvalue weighted by atomic mass is 32.2. The number of rotatable bonds is 8. The molecule has 0 saturated carbocycles. The monoisotopic (exact) mass is 534 g/mol. The molecule has 0 aliphatic rings. The molecule has 9 heteroatoms. The molecule has 0 fully saturated rings. The van der Waals surface area contributed by atoms with Crippen LogP contribution in [0.1, 0.15) is 46.7 Å². The number of nitrogens with zero attached hydrogens (tertiary/aromatic N) is 3. The Labute approximate surface area is 224 Å². The van der Waals surface area contributed by atoms with Gasteiger partial charge < -0.3 is 9.64 Å². The number of carbonyl (C=O) groups excluding carboxylic acids is 1. The SMILES string of the molecule is COc1ccc(-n2c(CN(C(=O)c3c(C)cc(C)cc3C)C(C)C)nc3cc(NS(C)(=O)=O)ccc32)cc1. The van der Waals surface area contributed by atoms with Crippen LogP contribution in [0.5, 0.6) is 5.75 Å². The lowest BCUT2D eigenvalue weighted by Gasteiger charge is -2.28. The topological polar surface area (TPSA) is 93.5 Å². The van der Waals surface area contributed by atoms with Crippen molar-refractivity contribution in [3.05, 3.63) is 82.7 Å². The molecule has 38 heavy (non-hydrogen) atoms. The summed E-state index contributed by atoms with van der Waals surface area (Å²) in [6.45, 7) is 10.2. The molecule has 3 aromatic carbocycles. The molecule has 200 valence electrons. The lowest BCUT2D eigenvalue weighted by Crippen LogP contribution is -2.38. The van der Waals surface area contributed by atoms with Crippen molar-refractivity contribution in [1.29, 1.82) is 0 Å². The van der Waals surface area contributed by atoms with Crippen LogP contribution in [0.25, 0.3) is 16.7 Å². The molecule has 1 aromatic heterocycles. The molecule has 0 saturated heterocycles. The maximum Gasteiger partial charge on any atom is 0.255 e. The minimum absolute atomic E-state index is 0.0530. The summed E-state index contributed by atoms with van der Waals surface area (Å²) in [5.41, 5.74) is 6.39. The number of carbonyl (C=O) groups is 1. The first-order valence-corrected chi connectivity index (χ1v) is 14.3. The van der Waals surface area contributed by atoms with E-state index < -0.39 is 10.0 Å². The van der Waals surface area contributed by atoms with Gasteiger partial charge in [0, 0.05) is 17.3 Å². The summed E-state index contributed by atoms with van der Waals surface area (Å²) in [6.07, 6.45) is 1.11. The van der Waals surface area contributed by atoms with Gasteiger partial charge >= 0.3 is 0 Å². The van der Waals surface area contributed by atoms with Crippen molar-refractivity contribution in [3.8, 4) is 11.4 Å². The number of methoxy groups -OCH3 is 1. The number of imidazole rings is 1. The smallest absolute Gasteiger partial charge is 0.255 e. The quantitative estimate of drug-likeness (QED) is 0.328. The van der Waals surface area contributed by atoms with Crippen LogP contribution in [0, 0.1) is 20.8 Å². The lowest BCUT2D eigenvalue weighted by molar-refractivity contribution is 0.0683. The Morgan fingerprint density at radius 3 is 2.21 bits per heavy atom. The van der Waals surface area contributed by atoms with E-state index in [0.717, 1.165) is 39.9 Å². The summed E-state index contributed by atoms with van der Waals surface area (Å²) in [7, 11) is -1.83. The van der Waals surface area contributed by atoms with Gasteiger partial charge in [0.1, 0.15) is 11.6 Å². The first-order chi connectivity index (χ1) is 17.9. The van der Waals surface area contributed by atoms with Gasteiger partial charge in [-0.2, -0.15) is 0 Å². The van der Waals surface area contributed by atoms with Gasteiger partial charge in [0.05, 0.1) is 36.6 Å². The lowest BCUT2D eigenvalue weighted by atomic mass is 9.98. The molecule has 8 nitrogen and oxygen atoms in total. The van der Waals surface area contributed by atoms with Gasteiger partial charge in [-0.1, -0.05) is 17.7 Å². The Kier molecular flexibility index (Phi) is 7.51. The highest BCUT2D eigenvalue weighted by Crippen LogP contribution is 2.28. The fourth-order valence-corrected chi connectivity index (χ4v) is 5.39. The molecule has 0 bridgehead atoms. The second kappa shape index (κ2) is 10.5. The molecule has 1 amide bonds. The Morgan fingerprint density at radius 1 is 1.03 bits per heavy atom. The standard InChI is InChI=1S/C29H34N4O4S/c1-18(2)32(29(34)28-20(4)14-19(3)15-21(28)5)17-27-30-25-16-22(31-38(7,35)36)8-13-26(25)33(27)23-9-11-24(37-6)12-10-23/h8-16,18,31H,17H2,1-7H3. The van der Waals surface area contributed by atoms with Gasteiger partial charge in [0.2, 0.25) is 10.0 Å². The third kappa shape index (κ3) is 5.67. The van der Waals surface area contributed by atoms with Crippen molar-refractivity contribution in [1.82, 2.24) is 14.5 Å². The third-order valence-electron chi connectivity index (χ3n) is 6.44. The van der Waals surface area contributed by atoms with Crippen LogP contribution < -0.4 is 9.46 Å². The molecular weight excluding hydrogens is 500 g/mol. The van der Waals surface area contributed by atoms with E-state index in [1.807, 2.05) is 86.6 Å². The van der Waals surface area contributed by atoms with Crippen LogP contribution in [0.4, 0.5) is 5.69 Å². The summed E-state index contributed by atoms with van der Waals surface area (Å²) >= 11 is 0. The number of aryl methyl sites for hydroxylation is 3. The number of hydrogen-bond donors (Lipinski definition) is 1. The normalized spacial score (nSPS) is 11.7. The summed E-state index contributed by atoms with van der Waals surface area (Å²) in [5, 5.41) is 0. The van der Waals surface area contributed by atoms with Crippen LogP contribution in [0.2, 0.25) is 0 Å². The van der Waals surface area contributed by atoms with Gasteiger partial charge in [0.25, 0.3) is 5.91 Å². The largest absolute Gasteiger partial charge is 0.497 e. The number of nitrogens with one attached hydrogen (secondary N) is 1.